The van der Waals surface area contributed by atoms with Gasteiger partial charge in [-0.05, 0) is 24.8 Å². The van der Waals surface area contributed by atoms with Gasteiger partial charge in [0.1, 0.15) is 0 Å². The van der Waals surface area contributed by atoms with Crippen molar-refractivity contribution in [3.63, 3.8) is 0 Å². The molecule has 2 amide bonds. The fraction of sp³-hybridized carbons (Fsp3) is 0.615. The molecular formula is C13H20N4O2. The van der Waals surface area contributed by atoms with Crippen molar-refractivity contribution < 1.29 is 9.53 Å². The number of hydrogen-bond donors (Lipinski definition) is 2. The van der Waals surface area contributed by atoms with Crippen LogP contribution < -0.4 is 15.4 Å². The van der Waals surface area contributed by atoms with E-state index in [0.717, 1.165) is 6.42 Å². The molecule has 1 aromatic rings. The van der Waals surface area contributed by atoms with Gasteiger partial charge in [0, 0.05) is 12.1 Å². The summed E-state index contributed by atoms with van der Waals surface area (Å²) < 4.78 is 4.91. The summed E-state index contributed by atoms with van der Waals surface area (Å²) in [5.74, 6) is 1.37. The Kier molecular flexibility index (Phi) is 4.54. The fourth-order valence-electron chi connectivity index (χ4n) is 2.35. The number of carbonyl (C=O) groups excluding carboxylic acids is 1. The van der Waals surface area contributed by atoms with Crippen LogP contribution in [-0.2, 0) is 0 Å². The molecule has 0 saturated heterocycles. The lowest BCUT2D eigenvalue weighted by molar-refractivity contribution is 0.232. The van der Waals surface area contributed by atoms with Gasteiger partial charge in [0.2, 0.25) is 5.88 Å². The number of amides is 2. The van der Waals surface area contributed by atoms with Crippen LogP contribution in [0.1, 0.15) is 32.6 Å². The van der Waals surface area contributed by atoms with Crippen LogP contribution in [0.5, 0.6) is 5.88 Å². The number of nitrogens with one attached hydrogen (secondary N) is 2. The summed E-state index contributed by atoms with van der Waals surface area (Å²) in [6, 6.07) is 3.35. The predicted octanol–water partition coefficient (Wildman–Crippen LogP) is 2.19. The Morgan fingerprint density at radius 1 is 1.32 bits per heavy atom. The second-order valence-electron chi connectivity index (χ2n) is 4.93. The normalized spacial score (nSPS) is 22.6. The lowest BCUT2D eigenvalue weighted by atomic mass is 9.86. The molecule has 6 nitrogen and oxygen atoms in total. The maximum absolute atomic E-state index is 11.9. The summed E-state index contributed by atoms with van der Waals surface area (Å²) in [5.41, 5.74) is 0. The third-order valence-electron chi connectivity index (χ3n) is 3.52. The molecule has 2 N–H and O–H groups in total. The van der Waals surface area contributed by atoms with Crippen LogP contribution in [-0.4, -0.2) is 29.4 Å². The Morgan fingerprint density at radius 2 is 2.11 bits per heavy atom. The van der Waals surface area contributed by atoms with Crippen LogP contribution in [0.15, 0.2) is 12.1 Å². The van der Waals surface area contributed by atoms with Crippen molar-refractivity contribution in [1.29, 1.82) is 0 Å². The first-order chi connectivity index (χ1) is 9.19. The molecule has 1 fully saturated rings. The number of ether oxygens (including phenoxy) is 1. The number of rotatable bonds is 3. The number of anilines is 1. The van der Waals surface area contributed by atoms with Gasteiger partial charge in [-0.1, -0.05) is 19.8 Å². The first kappa shape index (κ1) is 13.6. The molecule has 1 aliphatic carbocycles. The summed E-state index contributed by atoms with van der Waals surface area (Å²) in [6.07, 6.45) is 4.65. The van der Waals surface area contributed by atoms with E-state index in [1.165, 1.54) is 26.4 Å². The molecule has 0 aromatic carbocycles. The maximum Gasteiger partial charge on any atom is 0.320 e. The molecule has 104 valence electrons. The highest BCUT2D eigenvalue weighted by Crippen LogP contribution is 2.23. The minimum atomic E-state index is -0.224. The molecule has 2 rings (SSSR count). The maximum atomic E-state index is 11.9. The number of hydrogen-bond acceptors (Lipinski definition) is 4. The van der Waals surface area contributed by atoms with Gasteiger partial charge in [0.05, 0.1) is 7.11 Å². The van der Waals surface area contributed by atoms with Gasteiger partial charge in [-0.15, -0.1) is 10.2 Å². The predicted molar refractivity (Wildman–Crippen MR) is 72.2 cm³/mol. The zero-order valence-electron chi connectivity index (χ0n) is 11.3. The third-order valence-corrected chi connectivity index (χ3v) is 3.52. The van der Waals surface area contributed by atoms with Gasteiger partial charge < -0.3 is 10.1 Å². The lowest BCUT2D eigenvalue weighted by Gasteiger charge is -2.29. The fourth-order valence-corrected chi connectivity index (χ4v) is 2.35. The average Bonchev–Trinajstić information content (AvgIpc) is 2.42. The van der Waals surface area contributed by atoms with E-state index in [4.69, 9.17) is 4.74 Å². The molecule has 2 unspecified atom stereocenters. The quantitative estimate of drug-likeness (QED) is 0.877. The number of methoxy groups -OCH3 is 1. The molecular weight excluding hydrogens is 244 g/mol. The third kappa shape index (κ3) is 3.81. The monoisotopic (exact) mass is 264 g/mol. The summed E-state index contributed by atoms with van der Waals surface area (Å²) in [5, 5.41) is 13.3. The largest absolute Gasteiger partial charge is 0.480 e. The highest BCUT2D eigenvalue weighted by molar-refractivity contribution is 5.88. The Bertz CT molecular complexity index is 421. The van der Waals surface area contributed by atoms with E-state index in [-0.39, 0.29) is 12.1 Å². The first-order valence-electron chi connectivity index (χ1n) is 6.64. The second-order valence-corrected chi connectivity index (χ2v) is 4.93. The number of nitrogens with zero attached hydrogens (tertiary/aromatic N) is 2. The average molecular weight is 264 g/mol. The topological polar surface area (TPSA) is 76.1 Å². The van der Waals surface area contributed by atoms with Crippen molar-refractivity contribution >= 4 is 11.8 Å². The van der Waals surface area contributed by atoms with Gasteiger partial charge >= 0.3 is 6.03 Å². The Morgan fingerprint density at radius 3 is 2.74 bits per heavy atom. The molecule has 0 spiro atoms. The zero-order chi connectivity index (χ0) is 13.7. The van der Waals surface area contributed by atoms with E-state index >= 15 is 0 Å². The van der Waals surface area contributed by atoms with E-state index in [9.17, 15) is 4.79 Å². The van der Waals surface area contributed by atoms with Gasteiger partial charge in [0.15, 0.2) is 5.82 Å². The molecule has 0 radical (unpaired) electrons. The molecule has 1 aromatic heterocycles. The Balaban J connectivity index is 1.86. The summed E-state index contributed by atoms with van der Waals surface area (Å²) in [6.45, 7) is 2.18. The van der Waals surface area contributed by atoms with E-state index in [2.05, 4.69) is 27.8 Å². The van der Waals surface area contributed by atoms with Gasteiger partial charge in [-0.25, -0.2) is 4.79 Å². The summed E-state index contributed by atoms with van der Waals surface area (Å²) >= 11 is 0. The molecule has 0 aliphatic heterocycles. The number of aromatic nitrogens is 2. The van der Waals surface area contributed by atoms with E-state index < -0.39 is 0 Å². The zero-order valence-corrected chi connectivity index (χ0v) is 11.3. The van der Waals surface area contributed by atoms with Crippen molar-refractivity contribution in [2.75, 3.05) is 12.4 Å². The van der Waals surface area contributed by atoms with E-state index in [0.29, 0.717) is 17.6 Å². The number of urea groups is 1. The molecule has 1 heterocycles. The molecule has 19 heavy (non-hydrogen) atoms. The first-order valence-corrected chi connectivity index (χ1v) is 6.64. The second kappa shape index (κ2) is 6.36. The Labute approximate surface area is 112 Å². The van der Waals surface area contributed by atoms with Crippen molar-refractivity contribution in [2.24, 2.45) is 5.92 Å². The molecule has 6 heteroatoms. The highest BCUT2D eigenvalue weighted by atomic mass is 16.5. The minimum Gasteiger partial charge on any atom is -0.480 e. The molecule has 2 atom stereocenters. The molecule has 1 saturated carbocycles. The highest BCUT2D eigenvalue weighted by Gasteiger charge is 2.22. The van der Waals surface area contributed by atoms with Crippen molar-refractivity contribution in [1.82, 2.24) is 15.5 Å². The summed E-state index contributed by atoms with van der Waals surface area (Å²) in [4.78, 5) is 11.9. The van der Waals surface area contributed by atoms with Crippen molar-refractivity contribution in [3.8, 4) is 5.88 Å². The van der Waals surface area contributed by atoms with E-state index in [1.54, 1.807) is 12.1 Å². The van der Waals surface area contributed by atoms with Crippen LogP contribution in [0.25, 0.3) is 0 Å². The van der Waals surface area contributed by atoms with Gasteiger partial charge in [-0.2, -0.15) is 0 Å². The van der Waals surface area contributed by atoms with Crippen LogP contribution in [0.2, 0.25) is 0 Å². The smallest absolute Gasteiger partial charge is 0.320 e. The number of carbonyl (C=O) groups is 1. The van der Waals surface area contributed by atoms with Crippen molar-refractivity contribution in [3.05, 3.63) is 12.1 Å². The standard InChI is InChI=1S/C13H20N4O2/c1-9-5-3-4-6-10(9)14-13(18)15-11-7-8-12(19-2)17-16-11/h7-10H,3-6H2,1-2H3,(H2,14,15,16,18). The Hall–Kier alpha value is -1.85. The minimum absolute atomic E-state index is 0.224. The van der Waals surface area contributed by atoms with Gasteiger partial charge in [0.25, 0.3) is 0 Å². The summed E-state index contributed by atoms with van der Waals surface area (Å²) in [7, 11) is 1.52. The van der Waals surface area contributed by atoms with Gasteiger partial charge in [-0.3, -0.25) is 5.32 Å². The SMILES string of the molecule is COc1ccc(NC(=O)NC2CCCCC2C)nn1. The van der Waals surface area contributed by atoms with Crippen LogP contribution in [0.4, 0.5) is 10.6 Å². The molecule has 0 bridgehead atoms. The van der Waals surface area contributed by atoms with E-state index in [1.807, 2.05) is 0 Å². The lowest BCUT2D eigenvalue weighted by Crippen LogP contribution is -2.43. The van der Waals surface area contributed by atoms with Crippen LogP contribution in [0, 0.1) is 5.92 Å². The van der Waals surface area contributed by atoms with Crippen LogP contribution >= 0.6 is 0 Å². The molecule has 1 aliphatic rings. The van der Waals surface area contributed by atoms with Crippen molar-refractivity contribution in [2.45, 2.75) is 38.6 Å². The van der Waals surface area contributed by atoms with Crippen LogP contribution in [0.3, 0.4) is 0 Å².